The van der Waals surface area contributed by atoms with Crippen LogP contribution >= 0.6 is 0 Å². The highest BCUT2D eigenvalue weighted by molar-refractivity contribution is 5.76. The molecule has 3 aromatic rings. The fraction of sp³-hybridized carbons (Fsp3) is 0.227. The van der Waals surface area contributed by atoms with Crippen LogP contribution in [0.5, 0.6) is 0 Å². The average Bonchev–Trinajstić information content (AvgIpc) is 3.15. The van der Waals surface area contributed by atoms with Crippen molar-refractivity contribution < 1.29 is 9.21 Å². The summed E-state index contributed by atoms with van der Waals surface area (Å²) in [5.74, 6) is 2.04. The van der Waals surface area contributed by atoms with Gasteiger partial charge in [0.1, 0.15) is 11.5 Å². The number of nitrogens with one attached hydrogen (secondary N) is 1. The number of hydrogen-bond donors (Lipinski definition) is 1. The first-order valence-electron chi connectivity index (χ1n) is 8.68. The molecule has 0 aliphatic carbocycles. The number of rotatable bonds is 7. The lowest BCUT2D eigenvalue weighted by Gasteiger charge is -2.12. The van der Waals surface area contributed by atoms with Gasteiger partial charge in [0.25, 0.3) is 0 Å². The zero-order valence-electron chi connectivity index (χ0n) is 14.4. The molecule has 1 heterocycles. The highest BCUT2D eigenvalue weighted by atomic mass is 16.3. The van der Waals surface area contributed by atoms with E-state index in [4.69, 9.17) is 4.42 Å². The Labute approximate surface area is 148 Å². The van der Waals surface area contributed by atoms with Gasteiger partial charge in [-0.05, 0) is 23.6 Å². The van der Waals surface area contributed by atoms with E-state index in [-0.39, 0.29) is 5.91 Å². The van der Waals surface area contributed by atoms with E-state index >= 15 is 0 Å². The maximum Gasteiger partial charge on any atom is 0.220 e. The zero-order valence-corrected chi connectivity index (χ0v) is 14.4. The SMILES string of the molecule is C[C@@H](CNC(=O)CCc1ccc(-c2ccccc2)o1)c1ccccc1. The van der Waals surface area contributed by atoms with E-state index in [0.29, 0.717) is 25.3 Å². The van der Waals surface area contributed by atoms with Crippen LogP contribution in [0.4, 0.5) is 0 Å². The van der Waals surface area contributed by atoms with Gasteiger partial charge in [0, 0.05) is 24.9 Å². The highest BCUT2D eigenvalue weighted by Crippen LogP contribution is 2.22. The van der Waals surface area contributed by atoms with Gasteiger partial charge in [-0.1, -0.05) is 67.6 Å². The number of carbonyl (C=O) groups is 1. The molecular formula is C22H23NO2. The zero-order chi connectivity index (χ0) is 17.5. The van der Waals surface area contributed by atoms with Crippen LogP contribution in [-0.4, -0.2) is 12.5 Å². The Morgan fingerprint density at radius 1 is 0.960 bits per heavy atom. The molecule has 3 rings (SSSR count). The molecule has 0 saturated heterocycles. The van der Waals surface area contributed by atoms with E-state index in [0.717, 1.165) is 17.1 Å². The number of hydrogen-bond acceptors (Lipinski definition) is 2. The van der Waals surface area contributed by atoms with Gasteiger partial charge in [-0.15, -0.1) is 0 Å². The normalized spacial score (nSPS) is 11.9. The smallest absolute Gasteiger partial charge is 0.220 e. The molecule has 0 saturated carbocycles. The van der Waals surface area contributed by atoms with E-state index in [9.17, 15) is 4.79 Å². The maximum atomic E-state index is 12.1. The molecule has 1 atom stereocenters. The summed E-state index contributed by atoms with van der Waals surface area (Å²) in [5.41, 5.74) is 2.29. The minimum Gasteiger partial charge on any atom is -0.461 e. The van der Waals surface area contributed by atoms with Crippen LogP contribution in [0, 0.1) is 0 Å². The Bertz CT molecular complexity index is 793. The molecule has 0 aliphatic rings. The number of aryl methyl sites for hydroxylation is 1. The van der Waals surface area contributed by atoms with Crippen molar-refractivity contribution in [3.63, 3.8) is 0 Å². The second-order valence-corrected chi connectivity index (χ2v) is 6.25. The Kier molecular flexibility index (Phi) is 5.68. The van der Waals surface area contributed by atoms with Gasteiger partial charge in [0.05, 0.1) is 0 Å². The third kappa shape index (κ3) is 4.83. The van der Waals surface area contributed by atoms with Gasteiger partial charge in [0.2, 0.25) is 5.91 Å². The molecule has 0 radical (unpaired) electrons. The lowest BCUT2D eigenvalue weighted by atomic mass is 10.0. The first-order chi connectivity index (χ1) is 12.2. The molecule has 128 valence electrons. The van der Waals surface area contributed by atoms with Crippen molar-refractivity contribution in [3.05, 3.63) is 84.1 Å². The lowest BCUT2D eigenvalue weighted by molar-refractivity contribution is -0.121. The Morgan fingerprint density at radius 3 is 2.36 bits per heavy atom. The molecule has 2 aromatic carbocycles. The topological polar surface area (TPSA) is 42.2 Å². The maximum absolute atomic E-state index is 12.1. The predicted molar refractivity (Wildman–Crippen MR) is 100 cm³/mol. The van der Waals surface area contributed by atoms with E-state index < -0.39 is 0 Å². The van der Waals surface area contributed by atoms with Gasteiger partial charge < -0.3 is 9.73 Å². The minimum absolute atomic E-state index is 0.0560. The average molecular weight is 333 g/mol. The molecule has 0 spiro atoms. The molecular weight excluding hydrogens is 310 g/mol. The highest BCUT2D eigenvalue weighted by Gasteiger charge is 2.09. The molecule has 1 N–H and O–H groups in total. The van der Waals surface area contributed by atoms with Crippen molar-refractivity contribution in [2.24, 2.45) is 0 Å². The summed E-state index contributed by atoms with van der Waals surface area (Å²) < 4.78 is 5.84. The lowest BCUT2D eigenvalue weighted by Crippen LogP contribution is -2.27. The van der Waals surface area contributed by atoms with Crippen molar-refractivity contribution in [1.82, 2.24) is 5.32 Å². The first-order valence-corrected chi connectivity index (χ1v) is 8.68. The fourth-order valence-corrected chi connectivity index (χ4v) is 2.76. The third-order valence-corrected chi connectivity index (χ3v) is 4.29. The van der Waals surface area contributed by atoms with Gasteiger partial charge in [-0.2, -0.15) is 0 Å². The molecule has 1 aromatic heterocycles. The van der Waals surface area contributed by atoms with Crippen LogP contribution in [-0.2, 0) is 11.2 Å². The number of benzene rings is 2. The van der Waals surface area contributed by atoms with E-state index in [1.54, 1.807) is 0 Å². The van der Waals surface area contributed by atoms with Crippen LogP contribution < -0.4 is 5.32 Å². The molecule has 0 bridgehead atoms. The quantitative estimate of drug-likeness (QED) is 0.675. The Hall–Kier alpha value is -2.81. The van der Waals surface area contributed by atoms with Crippen LogP contribution in [0.2, 0.25) is 0 Å². The predicted octanol–water partition coefficient (Wildman–Crippen LogP) is 4.80. The van der Waals surface area contributed by atoms with Crippen molar-refractivity contribution >= 4 is 5.91 Å². The minimum atomic E-state index is 0.0560. The summed E-state index contributed by atoms with van der Waals surface area (Å²) in [7, 11) is 0. The van der Waals surface area contributed by atoms with E-state index in [1.165, 1.54) is 5.56 Å². The van der Waals surface area contributed by atoms with Crippen LogP contribution in [0.25, 0.3) is 11.3 Å². The summed E-state index contributed by atoms with van der Waals surface area (Å²) in [6.07, 6.45) is 1.04. The van der Waals surface area contributed by atoms with Crippen molar-refractivity contribution in [2.75, 3.05) is 6.54 Å². The number of furan rings is 1. The molecule has 0 aliphatic heterocycles. The van der Waals surface area contributed by atoms with E-state index in [1.807, 2.05) is 60.7 Å². The monoisotopic (exact) mass is 333 g/mol. The molecule has 1 amide bonds. The van der Waals surface area contributed by atoms with Gasteiger partial charge in [0.15, 0.2) is 0 Å². The second kappa shape index (κ2) is 8.34. The van der Waals surface area contributed by atoms with Gasteiger partial charge >= 0.3 is 0 Å². The van der Waals surface area contributed by atoms with Crippen LogP contribution in [0.1, 0.15) is 30.6 Å². The Balaban J connectivity index is 1.46. The summed E-state index contributed by atoms with van der Waals surface area (Å²) >= 11 is 0. The van der Waals surface area contributed by atoms with Crippen molar-refractivity contribution in [2.45, 2.75) is 25.7 Å². The largest absolute Gasteiger partial charge is 0.461 e. The summed E-state index contributed by atoms with van der Waals surface area (Å²) in [6.45, 7) is 2.77. The number of amides is 1. The second-order valence-electron chi connectivity index (χ2n) is 6.25. The Morgan fingerprint density at radius 2 is 1.64 bits per heavy atom. The van der Waals surface area contributed by atoms with Crippen LogP contribution in [0.15, 0.2) is 77.2 Å². The standard InChI is InChI=1S/C22H23NO2/c1-17(18-8-4-2-5-9-18)16-23-22(24)15-13-20-12-14-21(25-20)19-10-6-3-7-11-19/h2-12,14,17H,13,15-16H2,1H3,(H,23,24)/t17-/m0/s1. The third-order valence-electron chi connectivity index (χ3n) is 4.29. The first kappa shape index (κ1) is 17.0. The molecule has 3 nitrogen and oxygen atoms in total. The summed E-state index contributed by atoms with van der Waals surface area (Å²) in [5, 5.41) is 3.01. The van der Waals surface area contributed by atoms with Crippen molar-refractivity contribution in [3.8, 4) is 11.3 Å². The molecule has 25 heavy (non-hydrogen) atoms. The molecule has 0 unspecified atom stereocenters. The molecule has 3 heteroatoms. The van der Waals surface area contributed by atoms with Gasteiger partial charge in [-0.3, -0.25) is 4.79 Å². The molecule has 0 fully saturated rings. The van der Waals surface area contributed by atoms with Gasteiger partial charge in [-0.25, -0.2) is 0 Å². The number of carbonyl (C=O) groups excluding carboxylic acids is 1. The summed E-state index contributed by atoms with van der Waals surface area (Å²) in [4.78, 5) is 12.1. The van der Waals surface area contributed by atoms with Crippen molar-refractivity contribution in [1.29, 1.82) is 0 Å². The summed E-state index contributed by atoms with van der Waals surface area (Å²) in [6, 6.07) is 24.1. The van der Waals surface area contributed by atoms with E-state index in [2.05, 4.69) is 24.4 Å². The fourth-order valence-electron chi connectivity index (χ4n) is 2.76. The van der Waals surface area contributed by atoms with Crippen LogP contribution in [0.3, 0.4) is 0 Å².